The molecule has 0 aromatic heterocycles. The van der Waals surface area contributed by atoms with E-state index in [1.54, 1.807) is 6.08 Å². The zero-order valence-corrected chi connectivity index (χ0v) is 15.9. The van der Waals surface area contributed by atoms with Crippen molar-refractivity contribution in [3.63, 3.8) is 0 Å². The molecule has 0 aliphatic carbocycles. The molecule has 0 bridgehead atoms. The first-order valence-corrected chi connectivity index (χ1v) is 8.90. The van der Waals surface area contributed by atoms with Gasteiger partial charge in [-0.05, 0) is 61.9 Å². The zero-order chi connectivity index (χ0) is 18.2. The lowest BCUT2D eigenvalue weighted by Crippen LogP contribution is -2.21. The summed E-state index contributed by atoms with van der Waals surface area (Å²) < 4.78 is 0.945. The summed E-state index contributed by atoms with van der Waals surface area (Å²) >= 11 is 3.36. The molecule has 2 aromatic rings. The van der Waals surface area contributed by atoms with Crippen LogP contribution in [0.25, 0.3) is 6.08 Å². The Morgan fingerprint density at radius 2 is 1.72 bits per heavy atom. The first-order chi connectivity index (χ1) is 12.1. The fourth-order valence-corrected chi connectivity index (χ4v) is 2.68. The van der Waals surface area contributed by atoms with Crippen molar-refractivity contribution in [2.24, 2.45) is 0 Å². The molecule has 4 nitrogen and oxygen atoms in total. The number of nitrogens with zero attached hydrogens (tertiary/aromatic N) is 2. The van der Waals surface area contributed by atoms with Crippen LogP contribution in [0.2, 0.25) is 0 Å². The summed E-state index contributed by atoms with van der Waals surface area (Å²) in [4.78, 5) is 14.5. The van der Waals surface area contributed by atoms with E-state index in [2.05, 4.69) is 40.0 Å². The maximum absolute atomic E-state index is 12.3. The summed E-state index contributed by atoms with van der Waals surface area (Å²) in [5.41, 5.74) is 2.63. The maximum Gasteiger partial charge on any atom is 0.266 e. The van der Waals surface area contributed by atoms with E-state index >= 15 is 0 Å². The lowest BCUT2D eigenvalue weighted by Gasteiger charge is -2.21. The predicted octanol–water partition coefficient (Wildman–Crippen LogP) is 4.84. The Hall–Kier alpha value is -2.58. The van der Waals surface area contributed by atoms with Crippen LogP contribution in [0.3, 0.4) is 0 Å². The molecule has 0 heterocycles. The van der Waals surface area contributed by atoms with Crippen molar-refractivity contribution in [3.05, 3.63) is 64.1 Å². The minimum absolute atomic E-state index is 0.0649. The molecule has 2 aromatic carbocycles. The molecule has 0 unspecified atom stereocenters. The molecule has 0 atom stereocenters. The number of anilines is 2. The van der Waals surface area contributed by atoms with Gasteiger partial charge in [0.25, 0.3) is 5.91 Å². The summed E-state index contributed by atoms with van der Waals surface area (Å²) in [6.07, 6.45) is 1.58. The number of nitriles is 1. The first kappa shape index (κ1) is 18.8. The molecule has 1 amide bonds. The molecule has 0 saturated carbocycles. The van der Waals surface area contributed by atoms with Crippen molar-refractivity contribution >= 4 is 39.3 Å². The third-order valence-electron chi connectivity index (χ3n) is 3.80. The van der Waals surface area contributed by atoms with Gasteiger partial charge < -0.3 is 10.2 Å². The van der Waals surface area contributed by atoms with Crippen LogP contribution in [-0.2, 0) is 4.79 Å². The van der Waals surface area contributed by atoms with Gasteiger partial charge >= 0.3 is 0 Å². The smallest absolute Gasteiger partial charge is 0.266 e. The van der Waals surface area contributed by atoms with Gasteiger partial charge in [0.2, 0.25) is 0 Å². The average Bonchev–Trinajstić information content (AvgIpc) is 2.63. The normalized spacial score (nSPS) is 10.9. The van der Waals surface area contributed by atoms with Crippen LogP contribution in [0.1, 0.15) is 19.4 Å². The molecular weight excluding hydrogens is 378 g/mol. The molecule has 0 aliphatic heterocycles. The minimum Gasteiger partial charge on any atom is -0.372 e. The topological polar surface area (TPSA) is 56.1 Å². The van der Waals surface area contributed by atoms with E-state index in [4.69, 9.17) is 0 Å². The first-order valence-electron chi connectivity index (χ1n) is 8.11. The molecule has 5 heteroatoms. The maximum atomic E-state index is 12.3. The Balaban J connectivity index is 2.11. The second-order valence-corrected chi connectivity index (χ2v) is 6.31. The van der Waals surface area contributed by atoms with E-state index in [0.717, 1.165) is 28.8 Å². The second kappa shape index (κ2) is 9.05. The highest BCUT2D eigenvalue weighted by Crippen LogP contribution is 2.19. The Morgan fingerprint density at radius 1 is 1.12 bits per heavy atom. The molecule has 2 rings (SSSR count). The third kappa shape index (κ3) is 5.20. The van der Waals surface area contributed by atoms with E-state index in [1.165, 1.54) is 0 Å². The van der Waals surface area contributed by atoms with Gasteiger partial charge in [-0.3, -0.25) is 4.79 Å². The van der Waals surface area contributed by atoms with Crippen LogP contribution in [-0.4, -0.2) is 19.0 Å². The highest BCUT2D eigenvalue weighted by Gasteiger charge is 2.10. The number of carbonyl (C=O) groups excluding carboxylic acids is 1. The standard InChI is InChI=1S/C20H20BrN3O/c1-3-24(4-2)19-11-9-18(10-12-19)23-20(25)16(14-22)13-15-5-7-17(21)8-6-15/h5-13H,3-4H2,1-2H3,(H,23,25)/b16-13-. The summed E-state index contributed by atoms with van der Waals surface area (Å²) in [5.74, 6) is -0.416. The van der Waals surface area contributed by atoms with E-state index < -0.39 is 5.91 Å². The number of nitrogens with one attached hydrogen (secondary N) is 1. The summed E-state index contributed by atoms with van der Waals surface area (Å²) in [6.45, 7) is 6.06. The predicted molar refractivity (Wildman–Crippen MR) is 106 cm³/mol. The molecular formula is C20H20BrN3O. The van der Waals surface area contributed by atoms with E-state index in [9.17, 15) is 10.1 Å². The minimum atomic E-state index is -0.416. The van der Waals surface area contributed by atoms with Crippen molar-refractivity contribution in [2.45, 2.75) is 13.8 Å². The SMILES string of the molecule is CCN(CC)c1ccc(NC(=O)/C(C#N)=C\c2ccc(Br)cc2)cc1. The quantitative estimate of drug-likeness (QED) is 0.560. The van der Waals surface area contributed by atoms with Crippen molar-refractivity contribution in [1.82, 2.24) is 0 Å². The number of rotatable bonds is 6. The van der Waals surface area contributed by atoms with Gasteiger partial charge in [-0.2, -0.15) is 5.26 Å². The number of hydrogen-bond donors (Lipinski definition) is 1. The fourth-order valence-electron chi connectivity index (χ4n) is 2.42. The molecule has 0 saturated heterocycles. The summed E-state index contributed by atoms with van der Waals surface area (Å²) in [6, 6.07) is 17.0. The van der Waals surface area contributed by atoms with Gasteiger partial charge in [0.15, 0.2) is 0 Å². The molecule has 128 valence electrons. The molecule has 0 spiro atoms. The van der Waals surface area contributed by atoms with Crippen molar-refractivity contribution in [2.75, 3.05) is 23.3 Å². The van der Waals surface area contributed by atoms with Gasteiger partial charge in [0.05, 0.1) is 0 Å². The van der Waals surface area contributed by atoms with Crippen molar-refractivity contribution < 1.29 is 4.79 Å². The highest BCUT2D eigenvalue weighted by molar-refractivity contribution is 9.10. The van der Waals surface area contributed by atoms with Crippen LogP contribution in [0, 0.1) is 11.3 Å². The average molecular weight is 398 g/mol. The lowest BCUT2D eigenvalue weighted by atomic mass is 10.1. The molecule has 25 heavy (non-hydrogen) atoms. The highest BCUT2D eigenvalue weighted by atomic mass is 79.9. The van der Waals surface area contributed by atoms with Crippen LogP contribution >= 0.6 is 15.9 Å². The van der Waals surface area contributed by atoms with Gasteiger partial charge in [0.1, 0.15) is 11.6 Å². The number of carbonyl (C=O) groups is 1. The molecule has 0 aliphatic rings. The summed E-state index contributed by atoms with van der Waals surface area (Å²) in [5, 5.41) is 12.0. The van der Waals surface area contributed by atoms with E-state index in [1.807, 2.05) is 54.6 Å². The monoisotopic (exact) mass is 397 g/mol. The Labute approximate surface area is 156 Å². The molecule has 0 fully saturated rings. The second-order valence-electron chi connectivity index (χ2n) is 5.39. The third-order valence-corrected chi connectivity index (χ3v) is 4.33. The van der Waals surface area contributed by atoms with E-state index in [0.29, 0.717) is 5.69 Å². The number of amides is 1. The van der Waals surface area contributed by atoms with Gasteiger partial charge in [-0.25, -0.2) is 0 Å². The van der Waals surface area contributed by atoms with E-state index in [-0.39, 0.29) is 5.57 Å². The Morgan fingerprint density at radius 3 is 2.24 bits per heavy atom. The van der Waals surface area contributed by atoms with Crippen LogP contribution in [0.15, 0.2) is 58.6 Å². The van der Waals surface area contributed by atoms with Crippen LogP contribution in [0.5, 0.6) is 0 Å². The summed E-state index contributed by atoms with van der Waals surface area (Å²) in [7, 11) is 0. The number of benzene rings is 2. The largest absolute Gasteiger partial charge is 0.372 e. The van der Waals surface area contributed by atoms with Crippen molar-refractivity contribution in [1.29, 1.82) is 5.26 Å². The van der Waals surface area contributed by atoms with Gasteiger partial charge in [0, 0.05) is 28.9 Å². The number of halogens is 1. The molecule has 0 radical (unpaired) electrons. The van der Waals surface area contributed by atoms with Gasteiger partial charge in [-0.1, -0.05) is 28.1 Å². The van der Waals surface area contributed by atoms with Crippen LogP contribution < -0.4 is 10.2 Å². The molecule has 1 N–H and O–H groups in total. The lowest BCUT2D eigenvalue weighted by molar-refractivity contribution is -0.112. The number of hydrogen-bond acceptors (Lipinski definition) is 3. The Bertz CT molecular complexity index is 785. The zero-order valence-electron chi connectivity index (χ0n) is 14.3. The fraction of sp³-hybridized carbons (Fsp3) is 0.200. The Kier molecular flexibility index (Phi) is 6.79. The van der Waals surface area contributed by atoms with Crippen LogP contribution in [0.4, 0.5) is 11.4 Å². The van der Waals surface area contributed by atoms with Crippen molar-refractivity contribution in [3.8, 4) is 6.07 Å². The van der Waals surface area contributed by atoms with Gasteiger partial charge in [-0.15, -0.1) is 0 Å².